The van der Waals surface area contributed by atoms with Crippen LogP contribution in [0.4, 0.5) is 0 Å². The minimum absolute atomic E-state index is 0.164. The van der Waals surface area contributed by atoms with E-state index < -0.39 is 5.60 Å². The van der Waals surface area contributed by atoms with Gasteiger partial charge in [-0.2, -0.15) is 0 Å². The fraction of sp³-hybridized carbons (Fsp3) is 0.792. The minimum Gasteiger partial charge on any atom is -0.383 e. The van der Waals surface area contributed by atoms with Crippen LogP contribution in [0.5, 0.6) is 0 Å². The molecule has 30 heavy (non-hydrogen) atoms. The number of nitrogens with zero attached hydrogens (tertiary/aromatic N) is 3. The Kier molecular flexibility index (Phi) is 4.93. The summed E-state index contributed by atoms with van der Waals surface area (Å²) in [6.07, 6.45) is 11.6. The zero-order chi connectivity index (χ0) is 21.1. The lowest BCUT2D eigenvalue weighted by molar-refractivity contribution is -0.134. The Morgan fingerprint density at radius 1 is 1.30 bits per heavy atom. The number of rotatable bonds is 4. The van der Waals surface area contributed by atoms with Gasteiger partial charge < -0.3 is 10.8 Å². The van der Waals surface area contributed by atoms with Gasteiger partial charge in [0.15, 0.2) is 5.78 Å². The van der Waals surface area contributed by atoms with Crippen molar-refractivity contribution in [3.63, 3.8) is 0 Å². The number of hydrogen-bond acceptors (Lipinski definition) is 5. The van der Waals surface area contributed by atoms with E-state index in [2.05, 4.69) is 24.2 Å². The first-order chi connectivity index (χ1) is 14.4. The normalized spacial score (nSPS) is 43.0. The summed E-state index contributed by atoms with van der Waals surface area (Å²) in [6, 6.07) is 0. The van der Waals surface area contributed by atoms with E-state index in [0.29, 0.717) is 48.3 Å². The molecule has 4 aliphatic carbocycles. The second kappa shape index (κ2) is 7.27. The van der Waals surface area contributed by atoms with E-state index in [1.54, 1.807) is 0 Å². The molecule has 3 saturated carbocycles. The lowest BCUT2D eigenvalue weighted by Gasteiger charge is -2.57. The smallest absolute Gasteiger partial charge is 0.155 e. The van der Waals surface area contributed by atoms with E-state index in [-0.39, 0.29) is 5.41 Å². The molecule has 1 aromatic rings. The fourth-order valence-electron chi connectivity index (χ4n) is 7.88. The van der Waals surface area contributed by atoms with Gasteiger partial charge in [0.25, 0.3) is 0 Å². The van der Waals surface area contributed by atoms with Gasteiger partial charge in [-0.15, -0.1) is 5.10 Å². The maximum absolute atomic E-state index is 12.0. The van der Waals surface area contributed by atoms with Crippen LogP contribution in [0.3, 0.4) is 0 Å². The van der Waals surface area contributed by atoms with Gasteiger partial charge in [-0.05, 0) is 87.2 Å². The van der Waals surface area contributed by atoms with Gasteiger partial charge in [-0.1, -0.05) is 24.6 Å². The average molecular weight is 413 g/mol. The van der Waals surface area contributed by atoms with Gasteiger partial charge >= 0.3 is 0 Å². The number of fused-ring (bicyclic) bond motifs is 5. The second-order valence-corrected chi connectivity index (χ2v) is 10.7. The van der Waals surface area contributed by atoms with Gasteiger partial charge in [0.2, 0.25) is 0 Å². The van der Waals surface area contributed by atoms with Crippen LogP contribution in [0.25, 0.3) is 0 Å². The number of ketones is 1. The average Bonchev–Trinajstić information content (AvgIpc) is 3.30. The molecule has 0 spiro atoms. The lowest BCUT2D eigenvalue weighted by Crippen LogP contribution is -2.53. The standard InChI is InChI=1S/C24H36N4O2/c1-15-12-16-13-17(29)4-5-18(16)19-6-8-23(2)20(22(15)19)7-9-24(23,30)21-14-28(27-26-21)11-3-10-25/h13-15,18-20,22,30H,3-12,25H2,1-2H3/t15?,18?,19?,20?,22?,23-,24+/m0/s1. The van der Waals surface area contributed by atoms with Crippen molar-refractivity contribution in [2.45, 2.75) is 77.4 Å². The lowest BCUT2D eigenvalue weighted by atomic mass is 9.48. The van der Waals surface area contributed by atoms with Crippen LogP contribution in [0.15, 0.2) is 17.8 Å². The maximum Gasteiger partial charge on any atom is 0.155 e. The van der Waals surface area contributed by atoms with Crippen LogP contribution in [-0.4, -0.2) is 32.4 Å². The first-order valence-electron chi connectivity index (χ1n) is 11.9. The third-order valence-corrected chi connectivity index (χ3v) is 9.35. The Morgan fingerprint density at radius 3 is 2.93 bits per heavy atom. The highest BCUT2D eigenvalue weighted by Crippen LogP contribution is 2.68. The molecule has 6 heteroatoms. The van der Waals surface area contributed by atoms with E-state index in [0.717, 1.165) is 57.2 Å². The monoisotopic (exact) mass is 412 g/mol. The zero-order valence-corrected chi connectivity index (χ0v) is 18.4. The second-order valence-electron chi connectivity index (χ2n) is 10.7. The number of allylic oxidation sites excluding steroid dienone is 1. The SMILES string of the molecule is CC1CC2=CC(=O)CCC2C2CC[C@@]3(C)C(CC[C@@]3(O)c3cn(CCCN)nn3)C12. The van der Waals surface area contributed by atoms with E-state index in [1.807, 2.05) is 17.0 Å². The topological polar surface area (TPSA) is 94.0 Å². The van der Waals surface area contributed by atoms with E-state index in [4.69, 9.17) is 5.73 Å². The summed E-state index contributed by atoms with van der Waals surface area (Å²) >= 11 is 0. The molecule has 6 nitrogen and oxygen atoms in total. The maximum atomic E-state index is 12.0. The van der Waals surface area contributed by atoms with Crippen molar-refractivity contribution >= 4 is 5.78 Å². The molecule has 5 unspecified atom stereocenters. The Balaban J connectivity index is 1.44. The van der Waals surface area contributed by atoms with Gasteiger partial charge in [0, 0.05) is 18.4 Å². The first kappa shape index (κ1) is 20.4. The summed E-state index contributed by atoms with van der Waals surface area (Å²) < 4.78 is 1.84. The van der Waals surface area contributed by atoms with Crippen molar-refractivity contribution < 1.29 is 9.90 Å². The van der Waals surface area contributed by atoms with Crippen LogP contribution in [0.2, 0.25) is 0 Å². The van der Waals surface area contributed by atoms with Gasteiger partial charge in [-0.25, -0.2) is 0 Å². The molecule has 4 aliphatic rings. The molecule has 0 aliphatic heterocycles. The van der Waals surface area contributed by atoms with Crippen molar-refractivity contribution in [3.8, 4) is 0 Å². The largest absolute Gasteiger partial charge is 0.383 e. The summed E-state index contributed by atoms with van der Waals surface area (Å²) in [6.45, 7) is 6.06. The first-order valence-corrected chi connectivity index (χ1v) is 11.9. The highest BCUT2D eigenvalue weighted by Gasteiger charge is 2.64. The van der Waals surface area contributed by atoms with E-state index in [9.17, 15) is 9.90 Å². The predicted molar refractivity (Wildman–Crippen MR) is 114 cm³/mol. The Bertz CT molecular complexity index is 863. The summed E-state index contributed by atoms with van der Waals surface area (Å²) in [4.78, 5) is 12.0. The van der Waals surface area contributed by atoms with Gasteiger partial charge in [-0.3, -0.25) is 9.48 Å². The molecule has 0 amide bonds. The predicted octanol–water partition coefficient (Wildman–Crippen LogP) is 3.20. The van der Waals surface area contributed by atoms with Crippen LogP contribution in [0.1, 0.15) is 70.9 Å². The van der Waals surface area contributed by atoms with Crippen molar-refractivity contribution in [2.75, 3.05) is 6.54 Å². The van der Waals surface area contributed by atoms with Crippen LogP contribution >= 0.6 is 0 Å². The summed E-state index contributed by atoms with van der Waals surface area (Å²) in [5.41, 5.74) is 6.73. The molecule has 7 atom stereocenters. The van der Waals surface area contributed by atoms with Crippen LogP contribution < -0.4 is 5.73 Å². The van der Waals surface area contributed by atoms with Crippen LogP contribution in [-0.2, 0) is 16.9 Å². The van der Waals surface area contributed by atoms with Crippen molar-refractivity contribution in [3.05, 3.63) is 23.5 Å². The molecule has 1 aromatic heterocycles. The highest BCUT2D eigenvalue weighted by atomic mass is 16.3. The molecular weight excluding hydrogens is 376 g/mol. The molecule has 1 heterocycles. The zero-order valence-electron chi connectivity index (χ0n) is 18.4. The third kappa shape index (κ3) is 2.86. The molecule has 5 rings (SSSR count). The van der Waals surface area contributed by atoms with Crippen molar-refractivity contribution in [2.24, 2.45) is 40.7 Å². The highest BCUT2D eigenvalue weighted by molar-refractivity contribution is 5.91. The number of aromatic nitrogens is 3. The van der Waals surface area contributed by atoms with Crippen molar-refractivity contribution in [1.82, 2.24) is 15.0 Å². The molecule has 0 bridgehead atoms. The van der Waals surface area contributed by atoms with Crippen molar-refractivity contribution in [1.29, 1.82) is 0 Å². The molecule has 0 radical (unpaired) electrons. The molecule has 3 fully saturated rings. The molecular formula is C24H36N4O2. The molecule has 0 aromatic carbocycles. The summed E-state index contributed by atoms with van der Waals surface area (Å²) in [5.74, 6) is 3.26. The van der Waals surface area contributed by atoms with E-state index in [1.165, 1.54) is 5.57 Å². The number of aryl methyl sites for hydroxylation is 1. The molecule has 3 N–H and O–H groups in total. The molecule has 164 valence electrons. The Morgan fingerprint density at radius 2 is 2.13 bits per heavy atom. The fourth-order valence-corrected chi connectivity index (χ4v) is 7.88. The van der Waals surface area contributed by atoms with Gasteiger partial charge in [0.05, 0.1) is 6.20 Å². The quantitative estimate of drug-likeness (QED) is 0.792. The number of nitrogens with two attached hydrogens (primary N) is 1. The minimum atomic E-state index is -0.901. The number of carbonyl (C=O) groups excluding carboxylic acids is 1. The number of carbonyl (C=O) groups is 1. The Hall–Kier alpha value is -1.53. The van der Waals surface area contributed by atoms with Gasteiger partial charge in [0.1, 0.15) is 11.3 Å². The third-order valence-electron chi connectivity index (χ3n) is 9.35. The van der Waals surface area contributed by atoms with E-state index >= 15 is 0 Å². The number of aliphatic hydroxyl groups is 1. The number of hydrogen-bond donors (Lipinski definition) is 2. The molecule has 0 saturated heterocycles. The van der Waals surface area contributed by atoms with Crippen LogP contribution in [0, 0.1) is 35.0 Å². The summed E-state index contributed by atoms with van der Waals surface area (Å²) in [5, 5.41) is 20.7. The Labute approximate surface area is 179 Å². The summed E-state index contributed by atoms with van der Waals surface area (Å²) in [7, 11) is 0.